The zero-order valence-electron chi connectivity index (χ0n) is 11.0. The number of amides is 1. The Kier molecular flexibility index (Phi) is 5.95. The van der Waals surface area contributed by atoms with E-state index in [9.17, 15) is 9.59 Å². The molecule has 6 heteroatoms. The van der Waals surface area contributed by atoms with E-state index in [4.69, 9.17) is 10.8 Å². The highest BCUT2D eigenvalue weighted by atomic mass is 32.2. The van der Waals surface area contributed by atoms with Crippen molar-refractivity contribution in [3.05, 3.63) is 0 Å². The van der Waals surface area contributed by atoms with Crippen molar-refractivity contribution in [3.8, 4) is 0 Å². The number of nitrogens with two attached hydrogens (primary N) is 1. The molecule has 0 radical (unpaired) electrons. The van der Waals surface area contributed by atoms with Crippen LogP contribution in [-0.2, 0) is 9.59 Å². The first-order valence-electron chi connectivity index (χ1n) is 6.25. The number of carboxylic acid groups (broad SMARTS) is 1. The second kappa shape index (κ2) is 6.99. The monoisotopic (exact) mass is 274 g/mol. The number of carboxylic acids is 1. The van der Waals surface area contributed by atoms with Gasteiger partial charge in [0.05, 0.1) is 12.0 Å². The molecule has 1 fully saturated rings. The highest BCUT2D eigenvalue weighted by molar-refractivity contribution is 7.98. The van der Waals surface area contributed by atoms with Crippen molar-refractivity contribution in [1.29, 1.82) is 0 Å². The van der Waals surface area contributed by atoms with Gasteiger partial charge in [0.25, 0.3) is 0 Å². The fraction of sp³-hybridized carbons (Fsp3) is 0.833. The van der Waals surface area contributed by atoms with Gasteiger partial charge in [-0.05, 0) is 38.2 Å². The normalized spacial score (nSPS) is 25.8. The molecule has 0 bridgehead atoms. The van der Waals surface area contributed by atoms with E-state index in [1.807, 2.05) is 13.2 Å². The molecular formula is C12H22N2O3S. The molecule has 0 spiro atoms. The summed E-state index contributed by atoms with van der Waals surface area (Å²) in [5.74, 6) is -0.264. The van der Waals surface area contributed by atoms with Crippen LogP contribution in [0.15, 0.2) is 0 Å². The number of likely N-dealkylation sites (tertiary alicyclic amines) is 1. The second-order valence-corrected chi connectivity index (χ2v) is 5.81. The number of piperidine rings is 1. The third kappa shape index (κ3) is 3.88. The predicted molar refractivity (Wildman–Crippen MR) is 72.5 cm³/mol. The maximum absolute atomic E-state index is 12.1. The molecule has 18 heavy (non-hydrogen) atoms. The van der Waals surface area contributed by atoms with Crippen LogP contribution in [0.25, 0.3) is 0 Å². The van der Waals surface area contributed by atoms with Gasteiger partial charge in [0.1, 0.15) is 0 Å². The number of thioether (sulfide) groups is 1. The lowest BCUT2D eigenvalue weighted by atomic mass is 9.91. The quantitative estimate of drug-likeness (QED) is 0.774. The summed E-state index contributed by atoms with van der Waals surface area (Å²) in [6.07, 6.45) is 3.71. The Hall–Kier alpha value is -0.750. The van der Waals surface area contributed by atoms with Gasteiger partial charge < -0.3 is 15.7 Å². The molecule has 1 aliphatic rings. The van der Waals surface area contributed by atoms with Crippen molar-refractivity contribution in [1.82, 2.24) is 4.90 Å². The molecule has 2 unspecified atom stereocenters. The van der Waals surface area contributed by atoms with E-state index >= 15 is 0 Å². The number of rotatable bonds is 5. The molecule has 1 heterocycles. The Bertz CT molecular complexity index is 312. The Labute approximate surface area is 112 Å². The maximum atomic E-state index is 12.1. The summed E-state index contributed by atoms with van der Waals surface area (Å²) in [5.41, 5.74) is 5.87. The van der Waals surface area contributed by atoms with Gasteiger partial charge in [-0.1, -0.05) is 0 Å². The van der Waals surface area contributed by atoms with E-state index in [0.717, 1.165) is 5.75 Å². The second-order valence-electron chi connectivity index (χ2n) is 4.83. The van der Waals surface area contributed by atoms with Crippen LogP contribution in [0.1, 0.15) is 26.2 Å². The van der Waals surface area contributed by atoms with Crippen molar-refractivity contribution in [2.75, 3.05) is 18.6 Å². The maximum Gasteiger partial charge on any atom is 0.306 e. The van der Waals surface area contributed by atoms with Gasteiger partial charge in [0.2, 0.25) is 5.91 Å². The van der Waals surface area contributed by atoms with Crippen molar-refractivity contribution < 1.29 is 14.7 Å². The molecule has 1 aliphatic heterocycles. The van der Waals surface area contributed by atoms with Gasteiger partial charge >= 0.3 is 5.97 Å². The molecule has 3 N–H and O–H groups in total. The van der Waals surface area contributed by atoms with Crippen LogP contribution in [-0.4, -0.2) is 52.5 Å². The highest BCUT2D eigenvalue weighted by Gasteiger charge is 2.33. The molecule has 5 nitrogen and oxygen atoms in total. The topological polar surface area (TPSA) is 83.6 Å². The van der Waals surface area contributed by atoms with Crippen LogP contribution < -0.4 is 5.73 Å². The molecule has 1 amide bonds. The van der Waals surface area contributed by atoms with Gasteiger partial charge in [0.15, 0.2) is 0 Å². The molecule has 104 valence electrons. The minimum absolute atomic E-state index is 0.0346. The average molecular weight is 274 g/mol. The average Bonchev–Trinajstić information content (AvgIpc) is 2.34. The van der Waals surface area contributed by atoms with E-state index in [1.54, 1.807) is 16.7 Å². The number of hydrogen-bond donors (Lipinski definition) is 2. The van der Waals surface area contributed by atoms with Gasteiger partial charge in [0, 0.05) is 12.6 Å². The summed E-state index contributed by atoms with van der Waals surface area (Å²) >= 11 is 1.67. The zero-order valence-corrected chi connectivity index (χ0v) is 11.8. The lowest BCUT2D eigenvalue weighted by molar-refractivity contribution is -0.147. The molecule has 0 aromatic rings. The van der Waals surface area contributed by atoms with Crippen LogP contribution in [0, 0.1) is 5.92 Å². The Balaban J connectivity index is 2.52. The number of carbonyl (C=O) groups excluding carboxylic acids is 1. The summed E-state index contributed by atoms with van der Waals surface area (Å²) in [5, 5.41) is 8.98. The van der Waals surface area contributed by atoms with Crippen LogP contribution in [0.2, 0.25) is 0 Å². The number of carbonyl (C=O) groups is 2. The third-order valence-electron chi connectivity index (χ3n) is 3.46. The van der Waals surface area contributed by atoms with E-state index in [0.29, 0.717) is 25.8 Å². The number of nitrogens with zero attached hydrogens (tertiary/aromatic N) is 1. The molecule has 3 atom stereocenters. The van der Waals surface area contributed by atoms with Crippen molar-refractivity contribution >= 4 is 23.6 Å². The fourth-order valence-electron chi connectivity index (χ4n) is 2.31. The van der Waals surface area contributed by atoms with E-state index in [2.05, 4.69) is 0 Å². The summed E-state index contributed by atoms with van der Waals surface area (Å²) < 4.78 is 0. The highest BCUT2D eigenvalue weighted by Crippen LogP contribution is 2.23. The molecule has 0 aromatic heterocycles. The third-order valence-corrected chi connectivity index (χ3v) is 4.10. The largest absolute Gasteiger partial charge is 0.481 e. The molecule has 1 saturated heterocycles. The predicted octanol–water partition coefficient (Wildman–Crippen LogP) is 0.778. The van der Waals surface area contributed by atoms with Gasteiger partial charge in [-0.3, -0.25) is 9.59 Å². The summed E-state index contributed by atoms with van der Waals surface area (Å²) in [6, 6.07) is -0.492. The van der Waals surface area contributed by atoms with E-state index in [1.165, 1.54) is 0 Å². The number of aliphatic carboxylic acids is 1. The standard InChI is InChI=1S/C12H22N2O3S/c1-8-7-9(12(16)17)3-5-14(8)11(15)10(13)4-6-18-2/h8-10H,3-7,13H2,1-2H3,(H,16,17)/t8?,9?,10-/m1/s1. The summed E-state index contributed by atoms with van der Waals surface area (Å²) in [4.78, 5) is 24.8. The van der Waals surface area contributed by atoms with Crippen LogP contribution >= 0.6 is 11.8 Å². The first kappa shape index (κ1) is 15.3. The fourth-order valence-corrected chi connectivity index (χ4v) is 2.79. The minimum atomic E-state index is -0.763. The zero-order chi connectivity index (χ0) is 13.7. The van der Waals surface area contributed by atoms with Crippen molar-refractivity contribution in [2.45, 2.75) is 38.3 Å². The summed E-state index contributed by atoms with van der Waals surface area (Å²) in [7, 11) is 0. The number of hydrogen-bond acceptors (Lipinski definition) is 4. The smallest absolute Gasteiger partial charge is 0.306 e. The minimum Gasteiger partial charge on any atom is -0.481 e. The first-order valence-corrected chi connectivity index (χ1v) is 7.64. The molecule has 0 saturated carbocycles. The van der Waals surface area contributed by atoms with Crippen LogP contribution in [0.3, 0.4) is 0 Å². The molecule has 0 aromatic carbocycles. The van der Waals surface area contributed by atoms with Gasteiger partial charge in [-0.2, -0.15) is 11.8 Å². The molecular weight excluding hydrogens is 252 g/mol. The SMILES string of the molecule is CSCC[C@@H](N)C(=O)N1CCC(C(=O)O)CC1C. The van der Waals surface area contributed by atoms with E-state index in [-0.39, 0.29) is 17.9 Å². The first-order chi connectivity index (χ1) is 8.47. The van der Waals surface area contributed by atoms with Crippen LogP contribution in [0.5, 0.6) is 0 Å². The van der Waals surface area contributed by atoms with Crippen molar-refractivity contribution in [3.63, 3.8) is 0 Å². The Morgan fingerprint density at radius 2 is 2.22 bits per heavy atom. The van der Waals surface area contributed by atoms with Gasteiger partial charge in [-0.25, -0.2) is 0 Å². The Morgan fingerprint density at radius 3 is 2.72 bits per heavy atom. The molecule has 0 aliphatic carbocycles. The van der Waals surface area contributed by atoms with Gasteiger partial charge in [-0.15, -0.1) is 0 Å². The lowest BCUT2D eigenvalue weighted by Gasteiger charge is -2.37. The summed E-state index contributed by atoms with van der Waals surface area (Å²) in [6.45, 7) is 2.40. The molecule has 1 rings (SSSR count). The van der Waals surface area contributed by atoms with E-state index < -0.39 is 12.0 Å². The lowest BCUT2D eigenvalue weighted by Crippen LogP contribution is -2.52. The Morgan fingerprint density at radius 1 is 1.56 bits per heavy atom. The van der Waals surface area contributed by atoms with Crippen LogP contribution in [0.4, 0.5) is 0 Å². The van der Waals surface area contributed by atoms with Crippen molar-refractivity contribution in [2.24, 2.45) is 11.7 Å².